The number of unbranched alkanes of at least 4 members (excludes halogenated alkanes) is 7. The van der Waals surface area contributed by atoms with Crippen LogP contribution in [0.3, 0.4) is 0 Å². The fourth-order valence-corrected chi connectivity index (χ4v) is 6.25. The lowest BCUT2D eigenvalue weighted by molar-refractivity contribution is -0.285. The summed E-state index contributed by atoms with van der Waals surface area (Å²) < 4.78 is 24.2. The zero-order chi connectivity index (χ0) is 28.2. The maximum absolute atomic E-state index is 13.0. The van der Waals surface area contributed by atoms with Crippen LogP contribution in [0.5, 0.6) is 0 Å². The van der Waals surface area contributed by atoms with Crippen LogP contribution in [-0.2, 0) is 30.0 Å². The fourth-order valence-electron chi connectivity index (χ4n) is 4.77. The highest BCUT2D eigenvalue weighted by atomic mass is 28.4. The van der Waals surface area contributed by atoms with Crippen LogP contribution < -0.4 is 0 Å². The molecule has 0 N–H and O–H groups in total. The van der Waals surface area contributed by atoms with Crippen molar-refractivity contribution in [3.05, 3.63) is 35.9 Å². The van der Waals surface area contributed by atoms with Crippen molar-refractivity contribution in [2.75, 3.05) is 6.61 Å². The monoisotopic (exact) mass is 548 g/mol. The lowest BCUT2D eigenvalue weighted by Crippen LogP contribution is -2.53. The minimum absolute atomic E-state index is 0.0177. The molecule has 0 aromatic heterocycles. The third-order valence-corrected chi connectivity index (χ3v) is 12.6. The molecule has 1 aliphatic heterocycles. The molecule has 0 unspecified atom stereocenters. The summed E-state index contributed by atoms with van der Waals surface area (Å²) in [7, 11) is -1.65. The number of ether oxygens (including phenoxy) is 3. The molecule has 1 aromatic rings. The van der Waals surface area contributed by atoms with Crippen molar-refractivity contribution in [2.45, 2.75) is 155 Å². The van der Waals surface area contributed by atoms with Crippen molar-refractivity contribution < 1.29 is 23.4 Å². The van der Waals surface area contributed by atoms with E-state index in [2.05, 4.69) is 40.8 Å². The molecule has 3 atom stereocenters. The highest BCUT2D eigenvalue weighted by Crippen LogP contribution is 2.37. The number of hydrogen-bond donors (Lipinski definition) is 0. The smallest absolute Gasteiger partial charge is 0.192 e. The number of Topliss-reactive ketones (excluding diaryl/α,β-unsaturated/α-hetero) is 1. The zero-order valence-corrected chi connectivity index (χ0v) is 26.6. The number of benzene rings is 1. The minimum Gasteiger partial charge on any atom is -0.414 e. The summed E-state index contributed by atoms with van der Waals surface area (Å²) in [6.07, 6.45) is 11.1. The number of hydrogen-bond acceptors (Lipinski definition) is 5. The van der Waals surface area contributed by atoms with Crippen LogP contribution in [0.2, 0.25) is 18.1 Å². The predicted molar refractivity (Wildman–Crippen MR) is 159 cm³/mol. The summed E-state index contributed by atoms with van der Waals surface area (Å²) in [5.74, 6) is -0.754. The van der Waals surface area contributed by atoms with Crippen LogP contribution in [0.25, 0.3) is 0 Å². The number of ketones is 1. The van der Waals surface area contributed by atoms with Crippen molar-refractivity contribution >= 4 is 14.1 Å². The quantitative estimate of drug-likeness (QED) is 0.144. The van der Waals surface area contributed by atoms with Gasteiger partial charge in [-0.3, -0.25) is 4.79 Å². The molecule has 1 aromatic carbocycles. The van der Waals surface area contributed by atoms with Crippen molar-refractivity contribution in [3.63, 3.8) is 0 Å². The average Bonchev–Trinajstić information content (AvgIpc) is 2.82. The Morgan fingerprint density at radius 3 is 2.05 bits per heavy atom. The van der Waals surface area contributed by atoms with Crippen molar-refractivity contribution in [1.29, 1.82) is 0 Å². The zero-order valence-electron chi connectivity index (χ0n) is 25.6. The Bertz CT molecular complexity index is 802. The van der Waals surface area contributed by atoms with Gasteiger partial charge in [0.2, 0.25) is 0 Å². The Balaban J connectivity index is 1.55. The summed E-state index contributed by atoms with van der Waals surface area (Å²) in [5, 5.41) is 0.278. The van der Waals surface area contributed by atoms with E-state index in [-0.39, 0.29) is 17.4 Å². The Kier molecular flexibility index (Phi) is 13.7. The van der Waals surface area contributed by atoms with Gasteiger partial charge < -0.3 is 18.6 Å². The Hall–Kier alpha value is -1.05. The molecule has 2 rings (SSSR count). The van der Waals surface area contributed by atoms with Gasteiger partial charge in [0.15, 0.2) is 19.9 Å². The van der Waals surface area contributed by atoms with E-state index in [0.29, 0.717) is 12.7 Å². The third kappa shape index (κ3) is 12.0. The van der Waals surface area contributed by atoms with Gasteiger partial charge in [0.25, 0.3) is 0 Å². The summed E-state index contributed by atoms with van der Waals surface area (Å²) >= 11 is 0. The van der Waals surface area contributed by atoms with Gasteiger partial charge in [-0.1, -0.05) is 102 Å². The van der Waals surface area contributed by atoms with Gasteiger partial charge in [-0.2, -0.15) is 0 Å². The second-order valence-corrected chi connectivity index (χ2v) is 17.9. The van der Waals surface area contributed by atoms with E-state index in [4.69, 9.17) is 18.6 Å². The molecule has 0 amide bonds. The molecule has 38 heavy (non-hydrogen) atoms. The third-order valence-electron chi connectivity index (χ3n) is 8.00. The Labute approximate surface area is 234 Å². The lowest BCUT2D eigenvalue weighted by atomic mass is 10.00. The van der Waals surface area contributed by atoms with Crippen LogP contribution in [-0.4, -0.2) is 44.8 Å². The topological polar surface area (TPSA) is 54.0 Å². The molecule has 0 radical (unpaired) electrons. The van der Waals surface area contributed by atoms with Gasteiger partial charge in [-0.25, -0.2) is 0 Å². The minimum atomic E-state index is -1.65. The van der Waals surface area contributed by atoms with E-state index < -0.39 is 26.3 Å². The number of carbonyl (C=O) groups is 1. The molecule has 1 saturated heterocycles. The standard InChI is InChI=1S/C32H56O5Si/c1-26(37-38(7,8)31(2,3)4)20-16-13-11-9-10-12-14-19-23-28-30(33)29(36-32(5,6)35-28)25-34-24-27-21-17-15-18-22-27/h15,17-18,21-22,26,28-29H,9-14,16,19-20,23-25H2,1-8H3/t26-,28+,29+/m0/s1. The van der Waals surface area contributed by atoms with Gasteiger partial charge in [0, 0.05) is 6.10 Å². The summed E-state index contributed by atoms with van der Waals surface area (Å²) in [5.41, 5.74) is 1.09. The summed E-state index contributed by atoms with van der Waals surface area (Å²) in [6, 6.07) is 10.00. The fraction of sp³-hybridized carbons (Fsp3) is 0.781. The maximum atomic E-state index is 13.0. The summed E-state index contributed by atoms with van der Waals surface area (Å²) in [4.78, 5) is 13.0. The second-order valence-electron chi connectivity index (χ2n) is 13.1. The largest absolute Gasteiger partial charge is 0.414 e. The van der Waals surface area contributed by atoms with Crippen molar-refractivity contribution in [1.82, 2.24) is 0 Å². The molecule has 0 saturated carbocycles. The van der Waals surface area contributed by atoms with Crippen molar-refractivity contribution in [3.8, 4) is 0 Å². The van der Waals surface area contributed by atoms with Crippen LogP contribution in [0.15, 0.2) is 30.3 Å². The summed E-state index contributed by atoms with van der Waals surface area (Å²) in [6.45, 7) is 18.4. The molecular formula is C32H56O5Si. The van der Waals surface area contributed by atoms with Crippen LogP contribution in [0, 0.1) is 0 Å². The van der Waals surface area contributed by atoms with E-state index in [1.54, 1.807) is 0 Å². The molecule has 1 heterocycles. The first-order chi connectivity index (χ1) is 17.8. The number of rotatable bonds is 17. The second kappa shape index (κ2) is 15.7. The van der Waals surface area contributed by atoms with E-state index in [0.717, 1.165) is 24.8 Å². The van der Waals surface area contributed by atoms with Crippen LogP contribution >= 0.6 is 0 Å². The molecule has 5 nitrogen and oxygen atoms in total. The molecule has 0 bridgehead atoms. The first-order valence-electron chi connectivity index (χ1n) is 15.0. The van der Waals surface area contributed by atoms with E-state index in [1.165, 1.54) is 44.9 Å². The molecule has 1 fully saturated rings. The van der Waals surface area contributed by atoms with Gasteiger partial charge >= 0.3 is 0 Å². The van der Waals surface area contributed by atoms with Gasteiger partial charge in [-0.15, -0.1) is 0 Å². The molecule has 218 valence electrons. The first-order valence-corrected chi connectivity index (χ1v) is 17.9. The Morgan fingerprint density at radius 2 is 1.45 bits per heavy atom. The molecule has 0 spiro atoms. The first kappa shape index (κ1) is 33.2. The predicted octanol–water partition coefficient (Wildman–Crippen LogP) is 8.60. The van der Waals surface area contributed by atoms with E-state index >= 15 is 0 Å². The highest BCUT2D eigenvalue weighted by molar-refractivity contribution is 6.74. The van der Waals surface area contributed by atoms with E-state index in [1.807, 2.05) is 44.2 Å². The van der Waals surface area contributed by atoms with Gasteiger partial charge in [-0.05, 0) is 57.3 Å². The van der Waals surface area contributed by atoms with Gasteiger partial charge in [0.1, 0.15) is 12.2 Å². The van der Waals surface area contributed by atoms with Gasteiger partial charge in [0.05, 0.1) is 13.2 Å². The van der Waals surface area contributed by atoms with Crippen molar-refractivity contribution in [2.24, 2.45) is 0 Å². The molecule has 6 heteroatoms. The molecule has 0 aliphatic carbocycles. The van der Waals surface area contributed by atoms with Crippen LogP contribution in [0.1, 0.15) is 111 Å². The van der Waals surface area contributed by atoms with Crippen LogP contribution in [0.4, 0.5) is 0 Å². The van der Waals surface area contributed by atoms with E-state index in [9.17, 15) is 4.79 Å². The molecule has 1 aliphatic rings. The average molecular weight is 549 g/mol. The normalized spacial score (nSPS) is 21.0. The molecular weight excluding hydrogens is 492 g/mol. The Morgan fingerprint density at radius 1 is 0.895 bits per heavy atom. The highest BCUT2D eigenvalue weighted by Gasteiger charge is 2.42. The lowest BCUT2D eigenvalue weighted by Gasteiger charge is -2.39. The number of carbonyl (C=O) groups excluding carboxylic acids is 1. The SMILES string of the molecule is C[C@@H](CCCCCCCCCC[C@H]1OC(C)(C)O[C@H](COCc2ccccc2)C1=O)O[Si](C)(C)C(C)(C)C. The maximum Gasteiger partial charge on any atom is 0.192 e.